The Morgan fingerprint density at radius 1 is 1.40 bits per heavy atom. The van der Waals surface area contributed by atoms with E-state index >= 15 is 0 Å². The number of hydrogen-bond acceptors (Lipinski definition) is 2. The molecule has 10 heavy (non-hydrogen) atoms. The Labute approximate surface area is 59.8 Å². The van der Waals surface area contributed by atoms with E-state index in [0.717, 1.165) is 0 Å². The standard InChI is InChI=1S/C3H9N4O2P/c1-5-3(9)7-10-6-2(4)8/h10H,1H3,(H3,4,6,8)(H2,5,7,9). The molecule has 7 heteroatoms. The van der Waals surface area contributed by atoms with Crippen LogP contribution >= 0.6 is 8.88 Å². The molecule has 0 aromatic carbocycles. The van der Waals surface area contributed by atoms with Crippen molar-refractivity contribution >= 4 is 20.9 Å². The van der Waals surface area contributed by atoms with Crippen LogP contribution in [0.25, 0.3) is 0 Å². The molecule has 0 aliphatic heterocycles. The quantitative estimate of drug-likeness (QED) is 0.397. The summed E-state index contributed by atoms with van der Waals surface area (Å²) < 4.78 is 0. The largest absolute Gasteiger partial charge is 0.351 e. The van der Waals surface area contributed by atoms with Gasteiger partial charge in [-0.1, -0.05) is 0 Å². The van der Waals surface area contributed by atoms with Crippen molar-refractivity contribution in [2.75, 3.05) is 7.05 Å². The van der Waals surface area contributed by atoms with Crippen LogP contribution in [0.4, 0.5) is 9.59 Å². The molecule has 5 N–H and O–H groups in total. The Bertz CT molecular complexity index is 138. The number of urea groups is 2. The van der Waals surface area contributed by atoms with Crippen LogP contribution in [0.15, 0.2) is 0 Å². The van der Waals surface area contributed by atoms with Gasteiger partial charge in [0.25, 0.3) is 0 Å². The number of primary amides is 1. The van der Waals surface area contributed by atoms with Crippen LogP contribution in [-0.2, 0) is 0 Å². The monoisotopic (exact) mass is 164 g/mol. The predicted octanol–water partition coefficient (Wildman–Crippen LogP) is -0.908. The zero-order chi connectivity index (χ0) is 7.98. The van der Waals surface area contributed by atoms with Crippen molar-refractivity contribution in [1.29, 1.82) is 0 Å². The third-order valence-corrected chi connectivity index (χ3v) is 1.31. The normalized spacial score (nSPS) is 9.30. The van der Waals surface area contributed by atoms with E-state index in [1.807, 2.05) is 0 Å². The minimum absolute atomic E-state index is 0.187. The second kappa shape index (κ2) is 4.81. The second-order valence-electron chi connectivity index (χ2n) is 1.32. The lowest BCUT2D eigenvalue weighted by molar-refractivity contribution is 0.248. The molecule has 0 heterocycles. The highest BCUT2D eigenvalue weighted by Crippen LogP contribution is 1.91. The molecule has 4 amide bonds. The molecular weight excluding hydrogens is 155 g/mol. The van der Waals surface area contributed by atoms with Crippen molar-refractivity contribution in [3.8, 4) is 0 Å². The lowest BCUT2D eigenvalue weighted by Gasteiger charge is -2.02. The molecule has 0 radical (unpaired) electrons. The number of amides is 4. The molecule has 0 saturated heterocycles. The van der Waals surface area contributed by atoms with Crippen LogP contribution in [0.5, 0.6) is 0 Å². The van der Waals surface area contributed by atoms with E-state index in [-0.39, 0.29) is 14.9 Å². The van der Waals surface area contributed by atoms with E-state index in [1.165, 1.54) is 7.05 Å². The molecule has 0 aliphatic carbocycles. The maximum Gasteiger partial charge on any atom is 0.318 e. The van der Waals surface area contributed by atoms with Crippen molar-refractivity contribution in [3.63, 3.8) is 0 Å². The number of nitrogens with one attached hydrogen (secondary N) is 3. The summed E-state index contributed by atoms with van der Waals surface area (Å²) in [5.74, 6) is 0. The lowest BCUT2D eigenvalue weighted by atomic mass is 11.0. The number of hydrogen-bond donors (Lipinski definition) is 4. The fourth-order valence-corrected chi connectivity index (χ4v) is 0.636. The molecule has 0 aromatic rings. The number of rotatable bonds is 2. The molecule has 0 bridgehead atoms. The van der Waals surface area contributed by atoms with Gasteiger partial charge in [0.2, 0.25) is 0 Å². The molecule has 0 spiro atoms. The third kappa shape index (κ3) is 5.11. The van der Waals surface area contributed by atoms with E-state index in [1.54, 1.807) is 0 Å². The van der Waals surface area contributed by atoms with Gasteiger partial charge < -0.3 is 21.2 Å². The molecule has 0 fully saturated rings. The first-order valence-electron chi connectivity index (χ1n) is 2.45. The van der Waals surface area contributed by atoms with Crippen molar-refractivity contribution in [1.82, 2.24) is 15.5 Å². The first-order chi connectivity index (χ1) is 4.66. The fourth-order valence-electron chi connectivity index (χ4n) is 0.212. The van der Waals surface area contributed by atoms with Crippen molar-refractivity contribution in [3.05, 3.63) is 0 Å². The van der Waals surface area contributed by atoms with Gasteiger partial charge in [-0.3, -0.25) is 0 Å². The van der Waals surface area contributed by atoms with Crippen LogP contribution in [0.3, 0.4) is 0 Å². The summed E-state index contributed by atoms with van der Waals surface area (Å²) in [5.41, 5.74) is 4.71. The van der Waals surface area contributed by atoms with Gasteiger partial charge in [-0.05, 0) is 0 Å². The molecular formula is C3H9N4O2P. The minimum atomic E-state index is -0.658. The average Bonchev–Trinajstić information content (AvgIpc) is 1.87. The summed E-state index contributed by atoms with van der Waals surface area (Å²) in [6, 6.07) is -1.01. The van der Waals surface area contributed by atoms with Gasteiger partial charge >= 0.3 is 12.1 Å². The van der Waals surface area contributed by atoms with Gasteiger partial charge in [0.1, 0.15) is 0 Å². The van der Waals surface area contributed by atoms with Gasteiger partial charge in [0.05, 0.1) is 8.88 Å². The predicted molar refractivity (Wildman–Crippen MR) is 38.6 cm³/mol. The van der Waals surface area contributed by atoms with E-state index in [4.69, 9.17) is 5.73 Å². The molecule has 0 rings (SSSR count). The minimum Gasteiger partial charge on any atom is -0.351 e. The first-order valence-corrected chi connectivity index (χ1v) is 3.45. The van der Waals surface area contributed by atoms with Gasteiger partial charge in [0.15, 0.2) is 0 Å². The Hall–Kier alpha value is -1.03. The van der Waals surface area contributed by atoms with Crippen molar-refractivity contribution in [2.24, 2.45) is 5.73 Å². The summed E-state index contributed by atoms with van der Waals surface area (Å²) in [7, 11) is 1.29. The van der Waals surface area contributed by atoms with Gasteiger partial charge in [-0.2, -0.15) is 0 Å². The van der Waals surface area contributed by atoms with E-state index in [9.17, 15) is 9.59 Å². The first kappa shape index (κ1) is 8.97. The van der Waals surface area contributed by atoms with Crippen LogP contribution < -0.4 is 21.2 Å². The lowest BCUT2D eigenvalue weighted by Crippen LogP contribution is -2.31. The summed E-state index contributed by atoms with van der Waals surface area (Å²) in [5, 5.41) is 6.84. The molecule has 1 atom stereocenters. The fraction of sp³-hybridized carbons (Fsp3) is 0.333. The second-order valence-corrected chi connectivity index (χ2v) is 2.07. The Balaban J connectivity index is 3.20. The Kier molecular flexibility index (Phi) is 4.32. The summed E-state index contributed by atoms with van der Waals surface area (Å²) in [6.07, 6.45) is 0. The van der Waals surface area contributed by atoms with Crippen molar-refractivity contribution < 1.29 is 9.59 Å². The summed E-state index contributed by atoms with van der Waals surface area (Å²) >= 11 is 0. The molecule has 58 valence electrons. The summed E-state index contributed by atoms with van der Waals surface area (Å²) in [4.78, 5) is 20.4. The molecule has 0 aliphatic rings. The average molecular weight is 164 g/mol. The maximum atomic E-state index is 10.4. The SMILES string of the molecule is CNC(=O)NPNC(N)=O. The molecule has 0 aromatic heterocycles. The van der Waals surface area contributed by atoms with Gasteiger partial charge in [-0.25, -0.2) is 9.59 Å². The third-order valence-electron chi connectivity index (χ3n) is 0.589. The van der Waals surface area contributed by atoms with Crippen molar-refractivity contribution in [2.45, 2.75) is 0 Å². The maximum absolute atomic E-state index is 10.4. The van der Waals surface area contributed by atoms with E-state index in [0.29, 0.717) is 0 Å². The van der Waals surface area contributed by atoms with Crippen LogP contribution in [0.2, 0.25) is 0 Å². The molecule has 6 nitrogen and oxygen atoms in total. The van der Waals surface area contributed by atoms with Crippen LogP contribution in [-0.4, -0.2) is 19.1 Å². The Morgan fingerprint density at radius 2 is 2.00 bits per heavy atom. The molecule has 1 unspecified atom stereocenters. The highest BCUT2D eigenvalue weighted by atomic mass is 31.1. The number of nitrogens with two attached hydrogens (primary N) is 1. The Morgan fingerprint density at radius 3 is 2.40 bits per heavy atom. The smallest absolute Gasteiger partial charge is 0.318 e. The topological polar surface area (TPSA) is 96.2 Å². The van der Waals surface area contributed by atoms with Gasteiger partial charge in [-0.15, -0.1) is 0 Å². The zero-order valence-electron chi connectivity index (χ0n) is 5.39. The zero-order valence-corrected chi connectivity index (χ0v) is 6.39. The van der Waals surface area contributed by atoms with Crippen LogP contribution in [0, 0.1) is 0 Å². The van der Waals surface area contributed by atoms with Gasteiger partial charge in [0, 0.05) is 7.05 Å². The highest BCUT2D eigenvalue weighted by molar-refractivity contribution is 7.35. The molecule has 0 saturated carbocycles. The van der Waals surface area contributed by atoms with E-state index < -0.39 is 6.03 Å². The van der Waals surface area contributed by atoms with Crippen LogP contribution in [0.1, 0.15) is 0 Å². The number of carbonyl (C=O) groups excluding carboxylic acids is 2. The number of carbonyl (C=O) groups is 2. The van der Waals surface area contributed by atoms with E-state index in [2.05, 4.69) is 15.5 Å². The highest BCUT2D eigenvalue weighted by Gasteiger charge is 1.94. The summed E-state index contributed by atoms with van der Waals surface area (Å²) in [6.45, 7) is 0.